The third-order valence-corrected chi connectivity index (χ3v) is 4.48. The number of aliphatic imine (C=N–C) groups is 1. The maximum absolute atomic E-state index is 5.99. The molecule has 1 aliphatic rings. The monoisotopic (exact) mass is 272 g/mol. The molecule has 0 aromatic carbocycles. The number of nitrogens with zero attached hydrogens (tertiary/aromatic N) is 3. The van der Waals surface area contributed by atoms with Crippen molar-refractivity contribution in [3.05, 3.63) is 0 Å². The Bertz CT molecular complexity index is 253. The molecule has 4 nitrogen and oxygen atoms in total. The SMILES string of the molecule is CCSCCC1CN=C(N)N1CCN(CC)CC. The molecule has 0 saturated heterocycles. The second kappa shape index (κ2) is 8.64. The van der Waals surface area contributed by atoms with E-state index in [1.165, 1.54) is 17.9 Å². The molecule has 1 atom stereocenters. The van der Waals surface area contributed by atoms with E-state index in [0.717, 1.165) is 38.7 Å². The van der Waals surface area contributed by atoms with Gasteiger partial charge in [0, 0.05) is 13.1 Å². The van der Waals surface area contributed by atoms with Crippen LogP contribution in [0.5, 0.6) is 0 Å². The van der Waals surface area contributed by atoms with Gasteiger partial charge in [-0.2, -0.15) is 11.8 Å². The molecule has 106 valence electrons. The minimum atomic E-state index is 0.527. The minimum Gasteiger partial charge on any atom is -0.370 e. The second-order valence-electron chi connectivity index (χ2n) is 4.56. The highest BCUT2D eigenvalue weighted by atomic mass is 32.2. The molecule has 0 aromatic heterocycles. The van der Waals surface area contributed by atoms with Crippen LogP contribution in [-0.4, -0.2) is 66.0 Å². The smallest absolute Gasteiger partial charge is 0.191 e. The number of nitrogens with two attached hydrogens (primary N) is 1. The number of likely N-dealkylation sites (N-methyl/N-ethyl adjacent to an activating group) is 1. The fourth-order valence-corrected chi connectivity index (χ4v) is 3.00. The summed E-state index contributed by atoms with van der Waals surface area (Å²) in [5.74, 6) is 3.16. The largest absolute Gasteiger partial charge is 0.370 e. The Kier molecular flexibility index (Phi) is 7.51. The Hall–Kier alpha value is -0.420. The van der Waals surface area contributed by atoms with Crippen molar-refractivity contribution in [2.75, 3.05) is 44.2 Å². The summed E-state index contributed by atoms with van der Waals surface area (Å²) >= 11 is 2.00. The predicted molar refractivity (Wildman–Crippen MR) is 82.4 cm³/mol. The van der Waals surface area contributed by atoms with E-state index in [9.17, 15) is 0 Å². The van der Waals surface area contributed by atoms with Gasteiger partial charge in [-0.15, -0.1) is 0 Å². The highest BCUT2D eigenvalue weighted by Crippen LogP contribution is 2.15. The summed E-state index contributed by atoms with van der Waals surface area (Å²) in [7, 11) is 0. The van der Waals surface area contributed by atoms with E-state index < -0.39 is 0 Å². The maximum atomic E-state index is 5.99. The first-order chi connectivity index (χ1) is 8.72. The van der Waals surface area contributed by atoms with Gasteiger partial charge in [-0.3, -0.25) is 4.99 Å². The van der Waals surface area contributed by atoms with Crippen LogP contribution in [0.2, 0.25) is 0 Å². The third-order valence-electron chi connectivity index (χ3n) is 3.55. The average Bonchev–Trinajstić information content (AvgIpc) is 2.73. The Labute approximate surface area is 116 Å². The van der Waals surface area contributed by atoms with Crippen molar-refractivity contribution in [3.8, 4) is 0 Å². The second-order valence-corrected chi connectivity index (χ2v) is 5.95. The summed E-state index contributed by atoms with van der Waals surface area (Å²) in [6.45, 7) is 11.8. The molecule has 0 saturated carbocycles. The molecule has 0 amide bonds. The van der Waals surface area contributed by atoms with Crippen molar-refractivity contribution in [1.29, 1.82) is 0 Å². The summed E-state index contributed by atoms with van der Waals surface area (Å²) < 4.78 is 0. The summed E-state index contributed by atoms with van der Waals surface area (Å²) in [6.07, 6.45) is 1.20. The van der Waals surface area contributed by atoms with Gasteiger partial charge in [-0.25, -0.2) is 0 Å². The Morgan fingerprint density at radius 1 is 1.39 bits per heavy atom. The molecule has 0 bridgehead atoms. The molecule has 0 aliphatic carbocycles. The first kappa shape index (κ1) is 15.6. The van der Waals surface area contributed by atoms with Gasteiger partial charge in [0.25, 0.3) is 0 Å². The summed E-state index contributed by atoms with van der Waals surface area (Å²) in [4.78, 5) is 9.13. The number of rotatable bonds is 9. The molecular formula is C13H28N4S. The quantitative estimate of drug-likeness (QED) is 0.646. The van der Waals surface area contributed by atoms with Crippen LogP contribution in [0.15, 0.2) is 4.99 Å². The standard InChI is InChI=1S/C13H28N4S/c1-4-16(5-2)8-9-17-12(7-10-18-6-3)11-15-13(17)14/h12H,4-11H2,1-3H3,(H2,14,15). The molecule has 2 N–H and O–H groups in total. The maximum Gasteiger partial charge on any atom is 0.191 e. The minimum absolute atomic E-state index is 0.527. The van der Waals surface area contributed by atoms with E-state index in [1.54, 1.807) is 0 Å². The van der Waals surface area contributed by atoms with Gasteiger partial charge in [0.05, 0.1) is 12.6 Å². The fourth-order valence-electron chi connectivity index (χ4n) is 2.27. The lowest BCUT2D eigenvalue weighted by Gasteiger charge is -2.29. The zero-order chi connectivity index (χ0) is 13.4. The molecule has 0 fully saturated rings. The molecule has 1 heterocycles. The van der Waals surface area contributed by atoms with Crippen LogP contribution in [-0.2, 0) is 0 Å². The molecule has 0 radical (unpaired) electrons. The van der Waals surface area contributed by atoms with Gasteiger partial charge in [0.1, 0.15) is 0 Å². The highest BCUT2D eigenvalue weighted by molar-refractivity contribution is 7.99. The van der Waals surface area contributed by atoms with Gasteiger partial charge < -0.3 is 15.5 Å². The first-order valence-corrected chi connectivity index (χ1v) is 8.25. The van der Waals surface area contributed by atoms with Crippen LogP contribution in [0.4, 0.5) is 0 Å². The predicted octanol–water partition coefficient (Wildman–Crippen LogP) is 1.47. The van der Waals surface area contributed by atoms with E-state index >= 15 is 0 Å². The number of hydrogen-bond acceptors (Lipinski definition) is 5. The molecule has 1 rings (SSSR count). The first-order valence-electron chi connectivity index (χ1n) is 7.09. The van der Waals surface area contributed by atoms with E-state index in [2.05, 4.69) is 35.6 Å². The van der Waals surface area contributed by atoms with Crippen molar-refractivity contribution < 1.29 is 0 Å². The van der Waals surface area contributed by atoms with Crippen LogP contribution in [0, 0.1) is 0 Å². The molecular weight excluding hydrogens is 244 g/mol. The van der Waals surface area contributed by atoms with Crippen molar-refractivity contribution in [2.45, 2.75) is 33.2 Å². The van der Waals surface area contributed by atoms with Crippen LogP contribution < -0.4 is 5.73 Å². The summed E-state index contributed by atoms with van der Waals surface area (Å²) in [6, 6.07) is 0.527. The number of hydrogen-bond donors (Lipinski definition) is 1. The summed E-state index contributed by atoms with van der Waals surface area (Å²) in [5, 5.41) is 0. The molecule has 1 unspecified atom stereocenters. The van der Waals surface area contributed by atoms with Gasteiger partial charge in [0.2, 0.25) is 0 Å². The van der Waals surface area contributed by atoms with Crippen molar-refractivity contribution in [3.63, 3.8) is 0 Å². The molecule has 5 heteroatoms. The van der Waals surface area contributed by atoms with E-state index in [0.29, 0.717) is 6.04 Å². The van der Waals surface area contributed by atoms with Gasteiger partial charge in [0.15, 0.2) is 5.96 Å². The Morgan fingerprint density at radius 3 is 2.72 bits per heavy atom. The van der Waals surface area contributed by atoms with Gasteiger partial charge in [-0.05, 0) is 31.0 Å². The Morgan fingerprint density at radius 2 is 2.11 bits per heavy atom. The molecule has 0 spiro atoms. The van der Waals surface area contributed by atoms with Crippen LogP contribution in [0.25, 0.3) is 0 Å². The fraction of sp³-hybridized carbons (Fsp3) is 0.923. The molecule has 18 heavy (non-hydrogen) atoms. The van der Waals surface area contributed by atoms with Crippen molar-refractivity contribution >= 4 is 17.7 Å². The van der Waals surface area contributed by atoms with Crippen LogP contribution in [0.1, 0.15) is 27.2 Å². The lowest BCUT2D eigenvalue weighted by Crippen LogP contribution is -2.45. The lowest BCUT2D eigenvalue weighted by molar-refractivity contribution is 0.245. The van der Waals surface area contributed by atoms with Crippen molar-refractivity contribution in [1.82, 2.24) is 9.80 Å². The average molecular weight is 272 g/mol. The van der Waals surface area contributed by atoms with Gasteiger partial charge >= 0.3 is 0 Å². The molecule has 0 aromatic rings. The van der Waals surface area contributed by atoms with E-state index in [-0.39, 0.29) is 0 Å². The zero-order valence-electron chi connectivity index (χ0n) is 12.1. The van der Waals surface area contributed by atoms with Crippen molar-refractivity contribution in [2.24, 2.45) is 10.7 Å². The van der Waals surface area contributed by atoms with E-state index in [4.69, 9.17) is 5.73 Å². The normalized spacial score (nSPS) is 19.7. The topological polar surface area (TPSA) is 44.9 Å². The van der Waals surface area contributed by atoms with Gasteiger partial charge in [-0.1, -0.05) is 20.8 Å². The number of thioether (sulfide) groups is 1. The zero-order valence-corrected chi connectivity index (χ0v) is 12.9. The summed E-state index contributed by atoms with van der Waals surface area (Å²) in [5.41, 5.74) is 5.99. The Balaban J connectivity index is 2.36. The third kappa shape index (κ3) is 4.69. The van der Waals surface area contributed by atoms with Crippen LogP contribution >= 0.6 is 11.8 Å². The molecule has 1 aliphatic heterocycles. The van der Waals surface area contributed by atoms with E-state index in [1.807, 2.05) is 11.8 Å². The highest BCUT2D eigenvalue weighted by Gasteiger charge is 2.25. The number of guanidine groups is 1. The van der Waals surface area contributed by atoms with Crippen LogP contribution in [0.3, 0.4) is 0 Å². The lowest BCUT2D eigenvalue weighted by atomic mass is 10.2.